The number of nitrogens with zero attached hydrogens (tertiary/aromatic N) is 4. The van der Waals surface area contributed by atoms with Gasteiger partial charge in [0.25, 0.3) is 0 Å². The number of aliphatic carboxylic acids is 1. The van der Waals surface area contributed by atoms with Crippen molar-refractivity contribution >= 4 is 40.7 Å². The molecule has 0 bridgehead atoms. The van der Waals surface area contributed by atoms with Crippen LogP contribution in [-0.2, 0) is 23.2 Å². The van der Waals surface area contributed by atoms with Crippen molar-refractivity contribution in [2.45, 2.75) is 44.1 Å². The molecule has 1 aliphatic carbocycles. The molecule has 2 aliphatic heterocycles. The van der Waals surface area contributed by atoms with Crippen molar-refractivity contribution in [3.8, 4) is 0 Å². The van der Waals surface area contributed by atoms with Gasteiger partial charge in [-0.05, 0) is 91.7 Å². The Balaban J connectivity index is 1.37. The number of fused-ring (bicyclic) bond motifs is 2. The molecule has 0 spiro atoms. The number of anilines is 4. The molecule has 186 valence electrons. The van der Waals surface area contributed by atoms with E-state index in [-0.39, 0.29) is 11.6 Å². The highest BCUT2D eigenvalue weighted by molar-refractivity contribution is 6.33. The van der Waals surface area contributed by atoms with Crippen molar-refractivity contribution in [1.82, 2.24) is 14.9 Å². The first-order valence-corrected chi connectivity index (χ1v) is 12.6. The molecule has 2 N–H and O–H groups in total. The van der Waals surface area contributed by atoms with Gasteiger partial charge in [0.1, 0.15) is 16.3 Å². The van der Waals surface area contributed by atoms with Crippen LogP contribution in [-0.4, -0.2) is 46.1 Å². The van der Waals surface area contributed by atoms with E-state index in [1.165, 1.54) is 47.9 Å². The zero-order chi connectivity index (χ0) is 25.2. The fraction of sp³-hybridized carbons (Fsp3) is 0.370. The van der Waals surface area contributed by atoms with E-state index in [2.05, 4.69) is 39.4 Å². The molecule has 1 unspecified atom stereocenters. The lowest BCUT2D eigenvalue weighted by Crippen LogP contribution is -2.36. The number of carbonyl (C=O) groups is 1. The van der Waals surface area contributed by atoms with Crippen LogP contribution in [0.4, 0.5) is 27.5 Å². The molecule has 0 saturated heterocycles. The average molecular weight is 508 g/mol. The second-order valence-corrected chi connectivity index (χ2v) is 10.7. The summed E-state index contributed by atoms with van der Waals surface area (Å²) in [5, 5.41) is 13.6. The highest BCUT2D eigenvalue weighted by Gasteiger charge is 2.46. The number of carboxylic acids is 1. The summed E-state index contributed by atoms with van der Waals surface area (Å²) in [4.78, 5) is 25.3. The van der Waals surface area contributed by atoms with Gasteiger partial charge in [0.15, 0.2) is 5.82 Å². The Morgan fingerprint density at radius 1 is 1.28 bits per heavy atom. The molecule has 0 radical (unpaired) electrons. The van der Waals surface area contributed by atoms with Crippen LogP contribution in [0.25, 0.3) is 0 Å². The number of hydrogen-bond donors (Lipinski definition) is 2. The van der Waals surface area contributed by atoms with Crippen LogP contribution in [0.3, 0.4) is 0 Å². The number of likely N-dealkylation sites (N-methyl/N-ethyl adjacent to an activating group) is 1. The summed E-state index contributed by atoms with van der Waals surface area (Å²) in [6.45, 7) is 3.64. The maximum absolute atomic E-state index is 14.0. The summed E-state index contributed by atoms with van der Waals surface area (Å²) in [6.07, 6.45) is 5.03. The molecule has 1 aromatic heterocycles. The van der Waals surface area contributed by atoms with E-state index in [0.29, 0.717) is 28.9 Å². The Morgan fingerprint density at radius 3 is 2.83 bits per heavy atom. The van der Waals surface area contributed by atoms with E-state index in [4.69, 9.17) is 11.6 Å². The minimum atomic E-state index is -1.30. The Bertz CT molecular complexity index is 1390. The van der Waals surface area contributed by atoms with Crippen LogP contribution >= 0.6 is 11.6 Å². The third kappa shape index (κ3) is 3.89. The Labute approximate surface area is 213 Å². The number of aromatic nitrogens is 2. The number of rotatable bonds is 5. The second-order valence-electron chi connectivity index (χ2n) is 10.3. The van der Waals surface area contributed by atoms with Crippen molar-refractivity contribution < 1.29 is 14.3 Å². The monoisotopic (exact) mass is 507 g/mol. The fourth-order valence-electron chi connectivity index (χ4n) is 5.49. The average Bonchev–Trinajstić information content (AvgIpc) is 3.64. The second kappa shape index (κ2) is 8.42. The van der Waals surface area contributed by atoms with Crippen LogP contribution in [0.2, 0.25) is 5.02 Å². The maximum Gasteiger partial charge on any atom is 0.315 e. The number of nitrogens with one attached hydrogen (secondary N) is 1. The van der Waals surface area contributed by atoms with Gasteiger partial charge in [0, 0.05) is 31.0 Å². The number of hydrogen-bond acceptors (Lipinski definition) is 6. The third-order valence-electron chi connectivity index (χ3n) is 7.61. The normalized spacial score (nSPS) is 21.3. The predicted molar refractivity (Wildman–Crippen MR) is 137 cm³/mol. The van der Waals surface area contributed by atoms with Crippen molar-refractivity contribution in [3.05, 3.63) is 69.6 Å². The van der Waals surface area contributed by atoms with Gasteiger partial charge >= 0.3 is 5.97 Å². The predicted octanol–water partition coefficient (Wildman–Crippen LogP) is 5.37. The Hall–Kier alpha value is -3.23. The fourth-order valence-corrected chi connectivity index (χ4v) is 5.68. The lowest BCUT2D eigenvalue weighted by atomic mass is 9.85. The summed E-state index contributed by atoms with van der Waals surface area (Å²) >= 11 is 6.51. The van der Waals surface area contributed by atoms with Crippen molar-refractivity contribution in [3.63, 3.8) is 0 Å². The molecule has 3 heterocycles. The van der Waals surface area contributed by atoms with Crippen LogP contribution in [0.15, 0.2) is 36.5 Å². The molecule has 3 aliphatic rings. The molecule has 1 saturated carbocycles. The highest BCUT2D eigenvalue weighted by atomic mass is 35.5. The number of halogens is 2. The molecule has 3 aromatic rings. The summed E-state index contributed by atoms with van der Waals surface area (Å²) in [6, 6.07) is 8.56. The summed E-state index contributed by atoms with van der Waals surface area (Å²) < 4.78 is 14.0. The zero-order valence-electron chi connectivity index (χ0n) is 20.2. The van der Waals surface area contributed by atoms with Crippen molar-refractivity contribution in [2.75, 3.05) is 30.4 Å². The summed E-state index contributed by atoms with van der Waals surface area (Å²) in [7, 11) is 2.14. The molecule has 7 nitrogen and oxygen atoms in total. The van der Waals surface area contributed by atoms with E-state index in [9.17, 15) is 14.3 Å². The third-order valence-corrected chi connectivity index (χ3v) is 7.87. The quantitative estimate of drug-likeness (QED) is 0.480. The molecular formula is C27H27ClFN5O2. The van der Waals surface area contributed by atoms with Gasteiger partial charge < -0.3 is 20.2 Å². The molecular weight excluding hydrogens is 481 g/mol. The van der Waals surface area contributed by atoms with E-state index >= 15 is 0 Å². The van der Waals surface area contributed by atoms with Crippen LogP contribution in [0.1, 0.15) is 47.9 Å². The van der Waals surface area contributed by atoms with Crippen LogP contribution in [0, 0.1) is 5.82 Å². The van der Waals surface area contributed by atoms with Gasteiger partial charge in [0.05, 0.1) is 6.20 Å². The van der Waals surface area contributed by atoms with Gasteiger partial charge in [-0.3, -0.25) is 4.79 Å². The van der Waals surface area contributed by atoms with E-state index in [1.807, 2.05) is 0 Å². The first-order chi connectivity index (χ1) is 17.2. The topological polar surface area (TPSA) is 81.6 Å². The standard InChI is InChI=1S/C27H27ClFN5O2/c1-27(25(35)36)14-34(23-6-5-17(29)10-21(23)27)24-22(28)12-30-26(32-24)31-18-9-16-13-33(2)8-7-19(16)20(11-18)15-3-4-15/h5-6,9-12,15H,3-4,7-8,13-14H2,1-2H3,(H,35,36)(H,30,31,32). The van der Waals surface area contributed by atoms with Gasteiger partial charge in [-0.1, -0.05) is 11.6 Å². The first kappa shape index (κ1) is 23.2. The van der Waals surface area contributed by atoms with Crippen molar-refractivity contribution in [1.29, 1.82) is 0 Å². The largest absolute Gasteiger partial charge is 0.481 e. The Kier molecular flexibility index (Phi) is 5.42. The van der Waals surface area contributed by atoms with E-state index in [1.54, 1.807) is 17.9 Å². The maximum atomic E-state index is 14.0. The number of carboxylic acid groups (broad SMARTS) is 1. The van der Waals surface area contributed by atoms with Gasteiger partial charge in [-0.2, -0.15) is 4.98 Å². The van der Waals surface area contributed by atoms with E-state index in [0.717, 1.165) is 25.2 Å². The van der Waals surface area contributed by atoms with Crippen LogP contribution in [0.5, 0.6) is 0 Å². The molecule has 0 amide bonds. The minimum Gasteiger partial charge on any atom is -0.481 e. The van der Waals surface area contributed by atoms with Gasteiger partial charge in [-0.25, -0.2) is 9.37 Å². The zero-order valence-corrected chi connectivity index (χ0v) is 20.9. The SMILES string of the molecule is CN1CCc2c(cc(Nc3ncc(Cl)c(N4CC(C)(C(=O)O)c5cc(F)ccc54)n3)cc2C2CC2)C1. The summed E-state index contributed by atoms with van der Waals surface area (Å²) in [5.41, 5.74) is 4.82. The van der Waals surface area contributed by atoms with Crippen molar-refractivity contribution in [2.24, 2.45) is 0 Å². The molecule has 1 fully saturated rings. The summed E-state index contributed by atoms with van der Waals surface area (Å²) in [5.74, 6) is -0.142. The molecule has 1 atom stereocenters. The lowest BCUT2D eigenvalue weighted by Gasteiger charge is -2.28. The van der Waals surface area contributed by atoms with E-state index < -0.39 is 17.2 Å². The minimum absolute atomic E-state index is 0.0777. The molecule has 6 rings (SSSR count). The molecule has 36 heavy (non-hydrogen) atoms. The molecule has 2 aromatic carbocycles. The lowest BCUT2D eigenvalue weighted by molar-refractivity contribution is -0.142. The number of benzene rings is 2. The first-order valence-electron chi connectivity index (χ1n) is 12.2. The smallest absolute Gasteiger partial charge is 0.315 e. The Morgan fingerprint density at radius 2 is 2.08 bits per heavy atom. The molecule has 9 heteroatoms. The van der Waals surface area contributed by atoms with Crippen LogP contribution < -0.4 is 10.2 Å². The van der Waals surface area contributed by atoms with Gasteiger partial charge in [-0.15, -0.1) is 0 Å². The highest BCUT2D eigenvalue weighted by Crippen LogP contribution is 2.47. The van der Waals surface area contributed by atoms with Gasteiger partial charge in [0.2, 0.25) is 5.95 Å².